The summed E-state index contributed by atoms with van der Waals surface area (Å²) in [6.07, 6.45) is 2.56. The lowest BCUT2D eigenvalue weighted by atomic mass is 10.2. The molecule has 1 heteroatoms. The van der Waals surface area contributed by atoms with Gasteiger partial charge in [-0.2, -0.15) is 0 Å². The summed E-state index contributed by atoms with van der Waals surface area (Å²) < 4.78 is 0. The summed E-state index contributed by atoms with van der Waals surface area (Å²) in [4.78, 5) is 0. The largest absolute Gasteiger partial charge is 0.381 e. The van der Waals surface area contributed by atoms with E-state index in [1.54, 1.807) is 5.57 Å². The molecule has 7 heavy (non-hydrogen) atoms. The van der Waals surface area contributed by atoms with Gasteiger partial charge in [-0.05, 0) is 18.4 Å². The Bertz CT molecular complexity index is 135. The Morgan fingerprint density at radius 2 is 2.71 bits per heavy atom. The van der Waals surface area contributed by atoms with Crippen molar-refractivity contribution in [2.75, 3.05) is 0 Å². The number of nitrogens with one attached hydrogen (secondary N) is 1. The lowest BCUT2D eigenvalue weighted by Crippen LogP contribution is -2.23. The molecule has 38 valence electrons. The van der Waals surface area contributed by atoms with E-state index in [-0.39, 0.29) is 0 Å². The zero-order valence-electron chi connectivity index (χ0n) is 4.49. The molecule has 0 aromatic heterocycles. The van der Waals surface area contributed by atoms with Crippen LogP contribution in [0.4, 0.5) is 0 Å². The summed E-state index contributed by atoms with van der Waals surface area (Å²) in [5.41, 5.74) is 3.22. The van der Waals surface area contributed by atoms with E-state index in [0.29, 0.717) is 0 Å². The van der Waals surface area contributed by atoms with E-state index in [2.05, 4.69) is 12.2 Å². The van der Waals surface area contributed by atoms with E-state index in [1.165, 1.54) is 18.5 Å². The second kappa shape index (κ2) is 0.857. The van der Waals surface area contributed by atoms with Crippen molar-refractivity contribution >= 4 is 0 Å². The van der Waals surface area contributed by atoms with Crippen LogP contribution in [0, 0.1) is 0 Å². The van der Waals surface area contributed by atoms with Gasteiger partial charge in [0.2, 0.25) is 0 Å². The first-order chi connectivity index (χ1) is 3.42. The number of rotatable bonds is 1. The maximum Gasteiger partial charge on any atom is 0.0529 e. The second-order valence-corrected chi connectivity index (χ2v) is 2.26. The molecule has 1 atom stereocenters. The van der Waals surface area contributed by atoms with Crippen LogP contribution in [-0.4, -0.2) is 6.04 Å². The third kappa shape index (κ3) is 0.287. The van der Waals surface area contributed by atoms with E-state index in [0.717, 1.165) is 6.04 Å². The van der Waals surface area contributed by atoms with E-state index < -0.39 is 0 Å². The second-order valence-electron chi connectivity index (χ2n) is 2.26. The van der Waals surface area contributed by atoms with Crippen LogP contribution < -0.4 is 5.32 Å². The van der Waals surface area contributed by atoms with E-state index in [4.69, 9.17) is 0 Å². The molecule has 0 amide bonds. The molecule has 2 aliphatic rings. The first-order valence-electron chi connectivity index (χ1n) is 2.90. The third-order valence-corrected chi connectivity index (χ3v) is 1.77. The van der Waals surface area contributed by atoms with Gasteiger partial charge in [-0.15, -0.1) is 0 Å². The van der Waals surface area contributed by atoms with Crippen molar-refractivity contribution in [2.45, 2.75) is 25.8 Å². The minimum atomic E-state index is 0.843. The molecule has 1 unspecified atom stereocenters. The van der Waals surface area contributed by atoms with E-state index in [1.807, 2.05) is 0 Å². The van der Waals surface area contributed by atoms with Crippen molar-refractivity contribution in [1.82, 2.24) is 5.32 Å². The summed E-state index contributed by atoms with van der Waals surface area (Å²) in [7, 11) is 0. The van der Waals surface area contributed by atoms with Crippen LogP contribution in [0.25, 0.3) is 0 Å². The van der Waals surface area contributed by atoms with Crippen LogP contribution in [-0.2, 0) is 0 Å². The zero-order chi connectivity index (χ0) is 4.85. The summed E-state index contributed by atoms with van der Waals surface area (Å²) in [5.74, 6) is 0. The first-order valence-corrected chi connectivity index (χ1v) is 2.90. The summed E-state index contributed by atoms with van der Waals surface area (Å²) in [6.45, 7) is 2.20. The standard InChI is InChI=1S/C6H9N/c1-2-5-4-3-6(4)7-5/h6-7H,2-3H2,1H3. The minimum absolute atomic E-state index is 0.843. The van der Waals surface area contributed by atoms with Crippen molar-refractivity contribution in [3.05, 3.63) is 11.3 Å². The third-order valence-electron chi connectivity index (χ3n) is 1.77. The quantitative estimate of drug-likeness (QED) is 0.513. The monoisotopic (exact) mass is 95.1 g/mol. The molecule has 1 aliphatic heterocycles. The van der Waals surface area contributed by atoms with E-state index in [9.17, 15) is 0 Å². The van der Waals surface area contributed by atoms with Crippen molar-refractivity contribution in [3.8, 4) is 0 Å². The number of allylic oxidation sites excluding steroid dienone is 1. The predicted octanol–water partition coefficient (Wildman–Crippen LogP) is 1.03. The van der Waals surface area contributed by atoms with Gasteiger partial charge in [0, 0.05) is 5.70 Å². The van der Waals surface area contributed by atoms with Crippen molar-refractivity contribution in [2.24, 2.45) is 0 Å². The van der Waals surface area contributed by atoms with Crippen LogP contribution >= 0.6 is 0 Å². The average Bonchev–Trinajstić information content (AvgIpc) is 2.18. The lowest BCUT2D eigenvalue weighted by Gasteiger charge is -2.13. The molecular formula is C6H9N. The fourth-order valence-corrected chi connectivity index (χ4v) is 1.19. The normalized spacial score (nSPS) is 33.6. The Morgan fingerprint density at radius 1 is 1.86 bits per heavy atom. The molecule has 1 aliphatic carbocycles. The maximum atomic E-state index is 3.35. The summed E-state index contributed by atoms with van der Waals surface area (Å²) in [6, 6.07) is 0.843. The molecule has 1 N–H and O–H groups in total. The van der Waals surface area contributed by atoms with Gasteiger partial charge in [0.1, 0.15) is 0 Å². The molecule has 1 nitrogen and oxygen atoms in total. The first kappa shape index (κ1) is 3.53. The van der Waals surface area contributed by atoms with Gasteiger partial charge in [-0.1, -0.05) is 6.92 Å². The van der Waals surface area contributed by atoms with Crippen molar-refractivity contribution < 1.29 is 0 Å². The molecule has 2 rings (SSSR count). The average molecular weight is 95.1 g/mol. The highest BCUT2D eigenvalue weighted by Crippen LogP contribution is 2.41. The molecule has 1 fully saturated rings. The van der Waals surface area contributed by atoms with Gasteiger partial charge in [0.15, 0.2) is 0 Å². The molecule has 0 saturated heterocycles. The summed E-state index contributed by atoms with van der Waals surface area (Å²) >= 11 is 0. The van der Waals surface area contributed by atoms with Crippen LogP contribution in [0.2, 0.25) is 0 Å². The molecule has 0 radical (unpaired) electrons. The van der Waals surface area contributed by atoms with Crippen LogP contribution in [0.3, 0.4) is 0 Å². The number of fused-ring (bicyclic) bond motifs is 1. The van der Waals surface area contributed by atoms with Crippen molar-refractivity contribution in [3.63, 3.8) is 0 Å². The highest BCUT2D eigenvalue weighted by molar-refractivity contribution is 5.43. The molecule has 0 aromatic carbocycles. The molecule has 0 spiro atoms. The Kier molecular flexibility index (Phi) is 0.432. The number of hydrogen-bond acceptors (Lipinski definition) is 1. The van der Waals surface area contributed by atoms with Gasteiger partial charge >= 0.3 is 0 Å². The van der Waals surface area contributed by atoms with Gasteiger partial charge in [-0.3, -0.25) is 0 Å². The van der Waals surface area contributed by atoms with Gasteiger partial charge in [0.05, 0.1) is 6.04 Å². The van der Waals surface area contributed by atoms with Gasteiger partial charge in [0.25, 0.3) is 0 Å². The van der Waals surface area contributed by atoms with Gasteiger partial charge in [-0.25, -0.2) is 0 Å². The predicted molar refractivity (Wildman–Crippen MR) is 28.9 cm³/mol. The SMILES string of the molecule is CCC1=C2CC2N1. The molecule has 0 bridgehead atoms. The maximum absolute atomic E-state index is 3.35. The lowest BCUT2D eigenvalue weighted by molar-refractivity contribution is 0.729. The van der Waals surface area contributed by atoms with Crippen LogP contribution in [0.5, 0.6) is 0 Å². The number of hydrogen-bond donors (Lipinski definition) is 1. The Morgan fingerprint density at radius 3 is 2.86 bits per heavy atom. The summed E-state index contributed by atoms with van der Waals surface area (Å²) in [5, 5.41) is 3.35. The highest BCUT2D eigenvalue weighted by Gasteiger charge is 2.40. The Hall–Kier alpha value is -0.460. The molecule has 1 heterocycles. The fraction of sp³-hybridized carbons (Fsp3) is 0.667. The van der Waals surface area contributed by atoms with E-state index >= 15 is 0 Å². The van der Waals surface area contributed by atoms with Gasteiger partial charge < -0.3 is 5.32 Å². The Labute approximate surface area is 43.4 Å². The molecule has 1 saturated carbocycles. The molecular weight excluding hydrogens is 86.1 g/mol. The Balaban J connectivity index is 2.22. The molecule has 0 aromatic rings. The minimum Gasteiger partial charge on any atom is -0.381 e. The zero-order valence-corrected chi connectivity index (χ0v) is 4.49. The highest BCUT2D eigenvalue weighted by atomic mass is 15.1. The topological polar surface area (TPSA) is 12.0 Å². The van der Waals surface area contributed by atoms with Crippen LogP contribution in [0.15, 0.2) is 11.3 Å². The van der Waals surface area contributed by atoms with Crippen molar-refractivity contribution in [1.29, 1.82) is 0 Å². The van der Waals surface area contributed by atoms with Crippen LogP contribution in [0.1, 0.15) is 19.8 Å². The smallest absolute Gasteiger partial charge is 0.0529 e. The fourth-order valence-electron chi connectivity index (χ4n) is 1.19.